The average molecular weight is 325 g/mol. The Morgan fingerprint density at radius 1 is 0.720 bits per heavy atom. The Labute approximate surface area is 147 Å². The van der Waals surface area contributed by atoms with Crippen molar-refractivity contribution in [2.75, 3.05) is 0 Å². The summed E-state index contributed by atoms with van der Waals surface area (Å²) in [5.41, 5.74) is 4.84. The van der Waals surface area contributed by atoms with Crippen LogP contribution in [0.2, 0.25) is 0 Å². The average Bonchev–Trinajstić information content (AvgIpc) is 2.69. The molecule has 4 aromatic rings. The van der Waals surface area contributed by atoms with Crippen LogP contribution in [0, 0.1) is 0 Å². The van der Waals surface area contributed by atoms with Crippen LogP contribution in [0.4, 0.5) is 0 Å². The second-order valence-electron chi connectivity index (χ2n) is 6.05. The molecule has 0 aliphatic carbocycles. The second kappa shape index (κ2) is 6.40. The van der Waals surface area contributed by atoms with E-state index in [1.54, 1.807) is 0 Å². The minimum absolute atomic E-state index is 0.0883. The summed E-state index contributed by atoms with van der Waals surface area (Å²) in [7, 11) is 0. The van der Waals surface area contributed by atoms with Crippen molar-refractivity contribution in [3.63, 3.8) is 0 Å². The predicted molar refractivity (Wildman–Crippen MR) is 105 cm³/mol. The molecule has 3 aromatic carbocycles. The van der Waals surface area contributed by atoms with Crippen LogP contribution in [-0.2, 0) is 6.54 Å². The molecule has 1 aromatic heterocycles. The maximum atomic E-state index is 13.4. The van der Waals surface area contributed by atoms with Crippen molar-refractivity contribution in [2.45, 2.75) is 13.5 Å². The Bertz CT molecular complexity index is 1080. The van der Waals surface area contributed by atoms with Crippen molar-refractivity contribution in [3.05, 3.63) is 95.2 Å². The number of pyridine rings is 1. The van der Waals surface area contributed by atoms with Gasteiger partial charge in [-0.15, -0.1) is 0 Å². The first-order chi connectivity index (χ1) is 12.3. The van der Waals surface area contributed by atoms with Gasteiger partial charge in [-0.2, -0.15) is 0 Å². The lowest BCUT2D eigenvalue weighted by molar-refractivity contribution is 0.797. The Morgan fingerprint density at radius 3 is 1.92 bits per heavy atom. The first-order valence-electron chi connectivity index (χ1n) is 8.57. The number of nitrogens with zero attached hydrogens (tertiary/aromatic N) is 1. The number of rotatable bonds is 3. The molecule has 122 valence electrons. The Balaban J connectivity index is 2.22. The fourth-order valence-corrected chi connectivity index (χ4v) is 3.50. The van der Waals surface area contributed by atoms with Gasteiger partial charge in [-0.25, -0.2) is 0 Å². The topological polar surface area (TPSA) is 22.0 Å². The number of hydrogen-bond donors (Lipinski definition) is 0. The summed E-state index contributed by atoms with van der Waals surface area (Å²) in [6.07, 6.45) is 0. The summed E-state index contributed by atoms with van der Waals surface area (Å²) in [5, 5.41) is 0.767. The number of aryl methyl sites for hydroxylation is 1. The number of benzene rings is 3. The van der Waals surface area contributed by atoms with E-state index in [0.29, 0.717) is 0 Å². The maximum absolute atomic E-state index is 13.4. The summed E-state index contributed by atoms with van der Waals surface area (Å²) in [6, 6.07) is 28.0. The number of hydrogen-bond acceptors (Lipinski definition) is 1. The fourth-order valence-electron chi connectivity index (χ4n) is 3.50. The molecule has 1 heterocycles. The van der Waals surface area contributed by atoms with E-state index in [4.69, 9.17) is 0 Å². The van der Waals surface area contributed by atoms with E-state index >= 15 is 0 Å². The summed E-state index contributed by atoms with van der Waals surface area (Å²) in [5.74, 6) is 0. The van der Waals surface area contributed by atoms with E-state index in [2.05, 4.69) is 23.6 Å². The maximum Gasteiger partial charge on any atom is 0.197 e. The van der Waals surface area contributed by atoms with Crippen molar-refractivity contribution in [1.29, 1.82) is 0 Å². The number of aromatic nitrogens is 1. The Morgan fingerprint density at radius 2 is 1.28 bits per heavy atom. The van der Waals surface area contributed by atoms with Crippen molar-refractivity contribution >= 4 is 10.9 Å². The monoisotopic (exact) mass is 325 g/mol. The zero-order valence-electron chi connectivity index (χ0n) is 14.1. The van der Waals surface area contributed by atoms with E-state index in [9.17, 15) is 4.79 Å². The van der Waals surface area contributed by atoms with Crippen LogP contribution in [0.15, 0.2) is 89.7 Å². The van der Waals surface area contributed by atoms with E-state index in [1.165, 1.54) is 0 Å². The minimum Gasteiger partial charge on any atom is -0.340 e. The first kappa shape index (κ1) is 15.4. The van der Waals surface area contributed by atoms with Gasteiger partial charge in [-0.05, 0) is 30.2 Å². The highest BCUT2D eigenvalue weighted by Crippen LogP contribution is 2.32. The number of para-hydroxylation sites is 1. The first-order valence-corrected chi connectivity index (χ1v) is 8.57. The van der Waals surface area contributed by atoms with Crippen LogP contribution < -0.4 is 5.43 Å². The van der Waals surface area contributed by atoms with E-state index in [0.717, 1.165) is 39.8 Å². The molecule has 0 saturated carbocycles. The van der Waals surface area contributed by atoms with Crippen LogP contribution in [0.25, 0.3) is 33.3 Å². The quantitative estimate of drug-likeness (QED) is 0.497. The smallest absolute Gasteiger partial charge is 0.197 e. The highest BCUT2D eigenvalue weighted by molar-refractivity contribution is 5.92. The highest BCUT2D eigenvalue weighted by atomic mass is 16.1. The van der Waals surface area contributed by atoms with Crippen molar-refractivity contribution in [2.24, 2.45) is 0 Å². The summed E-state index contributed by atoms with van der Waals surface area (Å²) < 4.78 is 2.24. The SMILES string of the molecule is CCn1c(-c2ccccc2)c(-c2ccccc2)c(=O)c2ccccc21. The molecule has 2 heteroatoms. The standard InChI is InChI=1S/C23H19NO/c1-2-24-20-16-10-9-15-19(20)23(25)21(17-11-5-3-6-12-17)22(24)18-13-7-4-8-14-18/h3-16H,2H2,1H3. The normalized spacial score (nSPS) is 10.9. The molecule has 0 atom stereocenters. The van der Waals surface area contributed by atoms with Gasteiger partial charge in [-0.3, -0.25) is 4.79 Å². The molecule has 4 rings (SSSR count). The van der Waals surface area contributed by atoms with Crippen molar-refractivity contribution < 1.29 is 0 Å². The van der Waals surface area contributed by atoms with E-state index in [1.807, 2.05) is 72.8 Å². The third kappa shape index (κ3) is 2.56. The van der Waals surface area contributed by atoms with Gasteiger partial charge in [-0.1, -0.05) is 72.8 Å². The molecule has 2 nitrogen and oxygen atoms in total. The molecule has 25 heavy (non-hydrogen) atoms. The molecule has 0 aliphatic rings. The van der Waals surface area contributed by atoms with E-state index in [-0.39, 0.29) is 5.43 Å². The third-order valence-electron chi connectivity index (χ3n) is 4.60. The molecule has 0 bridgehead atoms. The molecule has 0 spiro atoms. The molecular weight excluding hydrogens is 306 g/mol. The van der Waals surface area contributed by atoms with Crippen LogP contribution in [0.3, 0.4) is 0 Å². The zero-order valence-corrected chi connectivity index (χ0v) is 14.1. The van der Waals surface area contributed by atoms with Crippen LogP contribution in [-0.4, -0.2) is 4.57 Å². The van der Waals surface area contributed by atoms with Gasteiger partial charge in [0.2, 0.25) is 0 Å². The molecule has 0 radical (unpaired) electrons. The third-order valence-corrected chi connectivity index (χ3v) is 4.60. The minimum atomic E-state index is 0.0883. The predicted octanol–water partition coefficient (Wildman–Crippen LogP) is 5.36. The Hall–Kier alpha value is -3.13. The molecule has 0 aliphatic heterocycles. The van der Waals surface area contributed by atoms with Gasteiger partial charge in [0.15, 0.2) is 5.43 Å². The molecule has 0 fully saturated rings. The van der Waals surface area contributed by atoms with Gasteiger partial charge < -0.3 is 4.57 Å². The van der Waals surface area contributed by atoms with E-state index < -0.39 is 0 Å². The Kier molecular flexibility index (Phi) is 3.95. The lowest BCUT2D eigenvalue weighted by atomic mass is 9.96. The summed E-state index contributed by atoms with van der Waals surface area (Å²) >= 11 is 0. The largest absolute Gasteiger partial charge is 0.340 e. The second-order valence-corrected chi connectivity index (χ2v) is 6.05. The molecular formula is C23H19NO. The molecule has 0 amide bonds. The van der Waals surface area contributed by atoms with Crippen molar-refractivity contribution in [1.82, 2.24) is 4.57 Å². The van der Waals surface area contributed by atoms with Gasteiger partial charge >= 0.3 is 0 Å². The summed E-state index contributed by atoms with van der Waals surface area (Å²) in [6.45, 7) is 2.92. The molecule has 0 unspecified atom stereocenters. The van der Waals surface area contributed by atoms with Gasteiger partial charge in [0.05, 0.1) is 16.8 Å². The highest BCUT2D eigenvalue weighted by Gasteiger charge is 2.18. The fraction of sp³-hybridized carbons (Fsp3) is 0.0870. The molecule has 0 saturated heterocycles. The van der Waals surface area contributed by atoms with Crippen LogP contribution in [0.5, 0.6) is 0 Å². The lowest BCUT2D eigenvalue weighted by Gasteiger charge is -2.20. The van der Waals surface area contributed by atoms with Crippen LogP contribution >= 0.6 is 0 Å². The van der Waals surface area contributed by atoms with Gasteiger partial charge in [0, 0.05) is 11.9 Å². The zero-order chi connectivity index (χ0) is 17.2. The number of fused-ring (bicyclic) bond motifs is 1. The summed E-state index contributed by atoms with van der Waals surface area (Å²) in [4.78, 5) is 13.4. The van der Waals surface area contributed by atoms with Gasteiger partial charge in [0.1, 0.15) is 0 Å². The van der Waals surface area contributed by atoms with Crippen LogP contribution in [0.1, 0.15) is 6.92 Å². The lowest BCUT2D eigenvalue weighted by Crippen LogP contribution is -2.15. The molecule has 0 N–H and O–H groups in total. The van der Waals surface area contributed by atoms with Gasteiger partial charge in [0.25, 0.3) is 0 Å². The van der Waals surface area contributed by atoms with Crippen molar-refractivity contribution in [3.8, 4) is 22.4 Å².